The Morgan fingerprint density at radius 2 is 1.94 bits per heavy atom. The first kappa shape index (κ1) is 11.4. The lowest BCUT2D eigenvalue weighted by Gasteiger charge is -2.09. The zero-order valence-corrected chi connectivity index (χ0v) is 11.1. The van der Waals surface area contributed by atoms with Crippen molar-refractivity contribution >= 4 is 26.8 Å². The predicted octanol–water partition coefficient (Wildman–Crippen LogP) is 4.06. The predicted molar refractivity (Wildman–Crippen MR) is 73.7 cm³/mol. The third-order valence-electron chi connectivity index (χ3n) is 2.93. The summed E-state index contributed by atoms with van der Waals surface area (Å²) in [4.78, 5) is 0. The van der Waals surface area contributed by atoms with Crippen LogP contribution in [0.25, 0.3) is 16.6 Å². The minimum Gasteiger partial charge on any atom is -0.233 e. The van der Waals surface area contributed by atoms with E-state index in [1.807, 2.05) is 30.3 Å². The zero-order chi connectivity index (χ0) is 12.5. The largest absolute Gasteiger partial charge is 0.233 e. The highest BCUT2D eigenvalue weighted by molar-refractivity contribution is 9.08. The van der Waals surface area contributed by atoms with Gasteiger partial charge in [-0.05, 0) is 18.2 Å². The summed E-state index contributed by atoms with van der Waals surface area (Å²) in [5.41, 5.74) is 2.37. The maximum atomic E-state index is 13.8. The van der Waals surface area contributed by atoms with Gasteiger partial charge in [-0.1, -0.05) is 40.2 Å². The van der Waals surface area contributed by atoms with Gasteiger partial charge in [-0.25, -0.2) is 9.07 Å². The number of alkyl halides is 1. The van der Waals surface area contributed by atoms with Gasteiger partial charge in [-0.2, -0.15) is 5.10 Å². The molecule has 0 radical (unpaired) electrons. The van der Waals surface area contributed by atoms with Gasteiger partial charge in [0.25, 0.3) is 0 Å². The Morgan fingerprint density at radius 1 is 1.11 bits per heavy atom. The first-order valence-electron chi connectivity index (χ1n) is 5.58. The number of fused-ring (bicyclic) bond motifs is 1. The Morgan fingerprint density at radius 3 is 2.78 bits per heavy atom. The lowest BCUT2D eigenvalue weighted by molar-refractivity contribution is 0.615. The zero-order valence-electron chi connectivity index (χ0n) is 9.48. The second kappa shape index (κ2) is 4.53. The average molecular weight is 305 g/mol. The van der Waals surface area contributed by atoms with Gasteiger partial charge in [0.2, 0.25) is 0 Å². The number of hydrogen-bond acceptors (Lipinski definition) is 1. The third-order valence-corrected chi connectivity index (χ3v) is 3.49. The van der Waals surface area contributed by atoms with Gasteiger partial charge in [-0.15, -0.1) is 0 Å². The molecule has 0 fully saturated rings. The van der Waals surface area contributed by atoms with Gasteiger partial charge < -0.3 is 0 Å². The highest BCUT2D eigenvalue weighted by Gasteiger charge is 2.11. The molecule has 90 valence electrons. The molecule has 0 amide bonds. The number of halogens is 2. The number of aromatic nitrogens is 2. The van der Waals surface area contributed by atoms with Crippen molar-refractivity contribution in [3.8, 4) is 5.69 Å². The Bertz CT molecular complexity index is 706. The topological polar surface area (TPSA) is 17.8 Å². The quantitative estimate of drug-likeness (QED) is 0.653. The number of hydrogen-bond donors (Lipinski definition) is 0. The molecule has 0 aliphatic heterocycles. The molecule has 0 N–H and O–H groups in total. The molecular formula is C14H10BrFN2. The molecular weight excluding hydrogens is 295 g/mol. The van der Waals surface area contributed by atoms with Crippen LogP contribution in [0.3, 0.4) is 0 Å². The van der Waals surface area contributed by atoms with E-state index in [9.17, 15) is 4.39 Å². The van der Waals surface area contributed by atoms with Gasteiger partial charge in [-0.3, -0.25) is 0 Å². The fourth-order valence-corrected chi connectivity index (χ4v) is 2.60. The van der Waals surface area contributed by atoms with Crippen LogP contribution in [-0.4, -0.2) is 9.78 Å². The summed E-state index contributed by atoms with van der Waals surface area (Å²) in [6, 6.07) is 12.9. The summed E-state index contributed by atoms with van der Waals surface area (Å²) in [6.07, 6.45) is 1.79. The summed E-state index contributed by atoms with van der Waals surface area (Å²) in [5, 5.41) is 5.85. The van der Waals surface area contributed by atoms with Crippen LogP contribution in [0.5, 0.6) is 0 Å². The lowest BCUT2D eigenvalue weighted by atomic mass is 10.2. The molecule has 0 spiro atoms. The molecule has 0 saturated carbocycles. The van der Waals surface area contributed by atoms with Crippen LogP contribution in [0.15, 0.2) is 48.7 Å². The van der Waals surface area contributed by atoms with Crippen molar-refractivity contribution in [1.82, 2.24) is 9.78 Å². The molecule has 1 aromatic heterocycles. The van der Waals surface area contributed by atoms with Crippen LogP contribution in [0, 0.1) is 5.82 Å². The second-order valence-electron chi connectivity index (χ2n) is 3.99. The van der Waals surface area contributed by atoms with E-state index in [2.05, 4.69) is 21.0 Å². The normalized spacial score (nSPS) is 11.0. The van der Waals surface area contributed by atoms with Crippen LogP contribution in [0.2, 0.25) is 0 Å². The second-order valence-corrected chi connectivity index (χ2v) is 4.55. The maximum absolute atomic E-state index is 13.8. The van der Waals surface area contributed by atoms with E-state index in [4.69, 9.17) is 0 Å². The molecule has 0 atom stereocenters. The molecule has 0 aliphatic rings. The summed E-state index contributed by atoms with van der Waals surface area (Å²) in [6.45, 7) is 0. The Balaban J connectivity index is 2.30. The molecule has 3 aromatic rings. The van der Waals surface area contributed by atoms with E-state index in [-0.39, 0.29) is 5.82 Å². The van der Waals surface area contributed by atoms with Crippen LogP contribution in [0.1, 0.15) is 5.56 Å². The number of rotatable bonds is 2. The average Bonchev–Trinajstić information content (AvgIpc) is 2.82. The highest BCUT2D eigenvalue weighted by atomic mass is 79.9. The van der Waals surface area contributed by atoms with Crippen molar-refractivity contribution in [1.29, 1.82) is 0 Å². The van der Waals surface area contributed by atoms with Crippen molar-refractivity contribution < 1.29 is 4.39 Å². The number of para-hydroxylation sites is 1. The first-order valence-corrected chi connectivity index (χ1v) is 6.70. The van der Waals surface area contributed by atoms with Crippen molar-refractivity contribution in [2.24, 2.45) is 0 Å². The van der Waals surface area contributed by atoms with Crippen molar-refractivity contribution in [2.45, 2.75) is 5.33 Å². The third kappa shape index (κ3) is 1.73. The SMILES string of the molecule is Fc1cccc(-n2ncc3ccccc32)c1CBr. The molecule has 18 heavy (non-hydrogen) atoms. The number of nitrogens with zero attached hydrogens (tertiary/aromatic N) is 2. The standard InChI is InChI=1S/C14H10BrFN2/c15-8-11-12(16)5-3-7-14(11)18-13-6-2-1-4-10(13)9-17-18/h1-7,9H,8H2. The molecule has 0 saturated heterocycles. The summed E-state index contributed by atoms with van der Waals surface area (Å²) >= 11 is 3.33. The minimum atomic E-state index is -0.219. The molecule has 4 heteroatoms. The van der Waals surface area contributed by atoms with Gasteiger partial charge in [0.1, 0.15) is 5.82 Å². The molecule has 1 heterocycles. The van der Waals surface area contributed by atoms with Crippen LogP contribution < -0.4 is 0 Å². The molecule has 0 bridgehead atoms. The van der Waals surface area contributed by atoms with Crippen molar-refractivity contribution in [2.75, 3.05) is 0 Å². The maximum Gasteiger partial charge on any atom is 0.129 e. The first-order chi connectivity index (χ1) is 8.81. The number of benzene rings is 2. The summed E-state index contributed by atoms with van der Waals surface area (Å²) in [7, 11) is 0. The highest BCUT2D eigenvalue weighted by Crippen LogP contribution is 2.24. The van der Waals surface area contributed by atoms with E-state index < -0.39 is 0 Å². The minimum absolute atomic E-state index is 0.219. The van der Waals surface area contributed by atoms with Gasteiger partial charge in [0.05, 0.1) is 17.4 Å². The van der Waals surface area contributed by atoms with E-state index in [1.165, 1.54) is 6.07 Å². The Kier molecular flexibility index (Phi) is 2.88. The van der Waals surface area contributed by atoms with E-state index in [0.717, 1.165) is 16.6 Å². The molecule has 0 aliphatic carbocycles. The molecule has 3 rings (SSSR count). The van der Waals surface area contributed by atoms with E-state index in [0.29, 0.717) is 10.9 Å². The van der Waals surface area contributed by atoms with Crippen LogP contribution in [-0.2, 0) is 5.33 Å². The van der Waals surface area contributed by atoms with Crippen LogP contribution in [0.4, 0.5) is 4.39 Å². The van der Waals surface area contributed by atoms with E-state index >= 15 is 0 Å². The Labute approximate surface area is 112 Å². The lowest BCUT2D eigenvalue weighted by Crippen LogP contribution is -2.02. The molecule has 2 aromatic carbocycles. The molecule has 2 nitrogen and oxygen atoms in total. The Hall–Kier alpha value is -1.68. The van der Waals surface area contributed by atoms with Gasteiger partial charge in [0, 0.05) is 16.3 Å². The smallest absolute Gasteiger partial charge is 0.129 e. The van der Waals surface area contributed by atoms with Crippen molar-refractivity contribution in [3.05, 3.63) is 60.0 Å². The van der Waals surface area contributed by atoms with Gasteiger partial charge >= 0.3 is 0 Å². The molecule has 0 unspecified atom stereocenters. The van der Waals surface area contributed by atoms with Crippen LogP contribution >= 0.6 is 15.9 Å². The summed E-state index contributed by atoms with van der Waals surface area (Å²) in [5.74, 6) is -0.219. The fraction of sp³-hybridized carbons (Fsp3) is 0.0714. The van der Waals surface area contributed by atoms with Crippen molar-refractivity contribution in [3.63, 3.8) is 0 Å². The van der Waals surface area contributed by atoms with E-state index in [1.54, 1.807) is 16.9 Å². The fourth-order valence-electron chi connectivity index (χ4n) is 2.04. The monoisotopic (exact) mass is 304 g/mol. The summed E-state index contributed by atoms with van der Waals surface area (Å²) < 4.78 is 15.5. The van der Waals surface area contributed by atoms with Gasteiger partial charge in [0.15, 0.2) is 0 Å².